The highest BCUT2D eigenvalue weighted by molar-refractivity contribution is 4.98. The number of nitrogens with zero attached hydrogens (tertiary/aromatic N) is 3. The van der Waals surface area contributed by atoms with E-state index in [4.69, 9.17) is 19.3 Å². The van der Waals surface area contributed by atoms with Gasteiger partial charge in [0.05, 0.1) is 12.8 Å². The third-order valence-corrected chi connectivity index (χ3v) is 3.37. The van der Waals surface area contributed by atoms with Crippen LogP contribution in [0, 0.1) is 0 Å². The van der Waals surface area contributed by atoms with Crippen LogP contribution in [0.15, 0.2) is 12.4 Å². The van der Waals surface area contributed by atoms with E-state index in [1.54, 1.807) is 24.7 Å². The number of aliphatic hydroxyl groups excluding tert-OH is 2. The molecule has 0 unspecified atom stereocenters. The van der Waals surface area contributed by atoms with Crippen molar-refractivity contribution in [3.05, 3.63) is 12.4 Å². The standard InChI is InChI=1S/C11H17N3O5/c1-11(2)18-9-7(14-4-3-12-13-14)8(6(16)5-15)17-10(9)19-11/h3-4,6-10,15-16H,5H2,1-2H3/t6-,7+,8-,9-,10-/m1/s1. The van der Waals surface area contributed by atoms with Gasteiger partial charge in [0.1, 0.15) is 24.4 Å². The van der Waals surface area contributed by atoms with E-state index in [1.807, 2.05) is 0 Å². The minimum Gasteiger partial charge on any atom is -0.394 e. The van der Waals surface area contributed by atoms with Crippen molar-refractivity contribution in [3.8, 4) is 0 Å². The monoisotopic (exact) mass is 271 g/mol. The molecule has 19 heavy (non-hydrogen) atoms. The minimum atomic E-state index is -1.03. The molecule has 0 radical (unpaired) electrons. The summed E-state index contributed by atoms with van der Waals surface area (Å²) in [6, 6.07) is -0.392. The maximum absolute atomic E-state index is 9.86. The fourth-order valence-corrected chi connectivity index (χ4v) is 2.62. The van der Waals surface area contributed by atoms with Gasteiger partial charge in [-0.1, -0.05) is 5.21 Å². The zero-order valence-electron chi connectivity index (χ0n) is 10.7. The number of fused-ring (bicyclic) bond motifs is 1. The van der Waals surface area contributed by atoms with Gasteiger partial charge in [0.15, 0.2) is 12.1 Å². The summed E-state index contributed by atoms with van der Waals surface area (Å²) in [5.74, 6) is -0.747. The van der Waals surface area contributed by atoms with Gasteiger partial charge in [-0.05, 0) is 13.8 Å². The Kier molecular flexibility index (Phi) is 3.06. The molecule has 2 saturated heterocycles. The Labute approximate surface area is 109 Å². The van der Waals surface area contributed by atoms with Crippen molar-refractivity contribution in [2.24, 2.45) is 0 Å². The van der Waals surface area contributed by atoms with Gasteiger partial charge in [-0.25, -0.2) is 4.68 Å². The molecular formula is C11H17N3O5. The van der Waals surface area contributed by atoms with Crippen LogP contribution in [-0.4, -0.2) is 62.2 Å². The molecule has 2 N–H and O–H groups in total. The second-order valence-corrected chi connectivity index (χ2v) is 5.19. The summed E-state index contributed by atoms with van der Waals surface area (Å²) < 4.78 is 18.7. The number of aliphatic hydroxyl groups is 2. The van der Waals surface area contributed by atoms with Gasteiger partial charge in [-0.15, -0.1) is 5.10 Å². The van der Waals surface area contributed by atoms with E-state index in [0.29, 0.717) is 0 Å². The lowest BCUT2D eigenvalue weighted by atomic mass is 10.0. The molecule has 0 amide bonds. The molecule has 8 nitrogen and oxygen atoms in total. The number of aromatic nitrogens is 3. The first-order valence-electron chi connectivity index (χ1n) is 6.17. The molecule has 0 bridgehead atoms. The SMILES string of the molecule is CC1(C)O[C@H]2O[C@H]([C@H](O)CO)[C@H](n3ccnn3)[C@H]2O1. The highest BCUT2D eigenvalue weighted by atomic mass is 16.8. The summed E-state index contributed by atoms with van der Waals surface area (Å²) >= 11 is 0. The third-order valence-electron chi connectivity index (χ3n) is 3.37. The van der Waals surface area contributed by atoms with E-state index in [9.17, 15) is 5.11 Å². The second kappa shape index (κ2) is 4.50. The molecule has 8 heteroatoms. The summed E-state index contributed by atoms with van der Waals surface area (Å²) in [5, 5.41) is 26.7. The quantitative estimate of drug-likeness (QED) is 0.731. The molecule has 2 fully saturated rings. The summed E-state index contributed by atoms with van der Waals surface area (Å²) in [6.07, 6.45) is 0.532. The van der Waals surface area contributed by atoms with Crippen LogP contribution in [0.1, 0.15) is 19.9 Å². The maximum atomic E-state index is 9.86. The predicted octanol–water partition coefficient (Wildman–Crippen LogP) is -0.951. The molecule has 0 saturated carbocycles. The molecular weight excluding hydrogens is 254 g/mol. The molecule has 1 aromatic heterocycles. The Morgan fingerprint density at radius 2 is 2.21 bits per heavy atom. The largest absolute Gasteiger partial charge is 0.394 e. The molecule has 2 aliphatic heterocycles. The van der Waals surface area contributed by atoms with Crippen molar-refractivity contribution < 1.29 is 24.4 Å². The van der Waals surface area contributed by atoms with Gasteiger partial charge in [0.25, 0.3) is 0 Å². The number of ether oxygens (including phenoxy) is 3. The molecule has 0 aromatic carbocycles. The molecule has 0 aliphatic carbocycles. The van der Waals surface area contributed by atoms with Crippen molar-refractivity contribution in [1.29, 1.82) is 0 Å². The Balaban J connectivity index is 1.90. The van der Waals surface area contributed by atoms with E-state index < -0.39 is 43.0 Å². The van der Waals surface area contributed by atoms with Crippen molar-refractivity contribution in [2.75, 3.05) is 6.61 Å². The van der Waals surface area contributed by atoms with E-state index >= 15 is 0 Å². The van der Waals surface area contributed by atoms with Crippen LogP contribution >= 0.6 is 0 Å². The van der Waals surface area contributed by atoms with Crippen LogP contribution < -0.4 is 0 Å². The van der Waals surface area contributed by atoms with Gasteiger partial charge >= 0.3 is 0 Å². The lowest BCUT2D eigenvalue weighted by molar-refractivity contribution is -0.221. The summed E-state index contributed by atoms with van der Waals surface area (Å²) in [4.78, 5) is 0. The van der Waals surface area contributed by atoms with Gasteiger partial charge in [-0.3, -0.25) is 0 Å². The topological polar surface area (TPSA) is 98.9 Å². The van der Waals surface area contributed by atoms with Gasteiger partial charge < -0.3 is 24.4 Å². The van der Waals surface area contributed by atoms with Crippen molar-refractivity contribution in [1.82, 2.24) is 15.0 Å². The van der Waals surface area contributed by atoms with Crippen LogP contribution in [0.5, 0.6) is 0 Å². The van der Waals surface area contributed by atoms with Gasteiger partial charge in [0.2, 0.25) is 0 Å². The summed E-state index contributed by atoms with van der Waals surface area (Å²) in [6.45, 7) is 3.19. The van der Waals surface area contributed by atoms with E-state index in [0.717, 1.165) is 0 Å². The van der Waals surface area contributed by atoms with Gasteiger partial charge in [0, 0.05) is 6.20 Å². The average Bonchev–Trinajstić information content (AvgIpc) is 3.01. The fraction of sp³-hybridized carbons (Fsp3) is 0.818. The highest BCUT2D eigenvalue weighted by Gasteiger charge is 2.57. The minimum absolute atomic E-state index is 0.392. The first kappa shape index (κ1) is 12.9. The van der Waals surface area contributed by atoms with Crippen molar-refractivity contribution in [2.45, 2.75) is 50.3 Å². The van der Waals surface area contributed by atoms with E-state index in [1.165, 1.54) is 6.20 Å². The number of hydrogen-bond acceptors (Lipinski definition) is 7. The van der Waals surface area contributed by atoms with E-state index in [2.05, 4.69) is 10.3 Å². The second-order valence-electron chi connectivity index (χ2n) is 5.19. The first-order valence-corrected chi connectivity index (χ1v) is 6.17. The molecule has 2 aliphatic rings. The van der Waals surface area contributed by atoms with Crippen LogP contribution in [0.2, 0.25) is 0 Å². The van der Waals surface area contributed by atoms with Gasteiger partial charge in [-0.2, -0.15) is 0 Å². The van der Waals surface area contributed by atoms with Crippen LogP contribution in [0.25, 0.3) is 0 Å². The molecule has 3 rings (SSSR count). The number of hydrogen-bond donors (Lipinski definition) is 2. The molecule has 106 valence electrons. The van der Waals surface area contributed by atoms with Crippen molar-refractivity contribution >= 4 is 0 Å². The highest BCUT2D eigenvalue weighted by Crippen LogP contribution is 2.43. The first-order chi connectivity index (χ1) is 9.02. The average molecular weight is 271 g/mol. The summed E-state index contributed by atoms with van der Waals surface area (Å²) in [5.41, 5.74) is 0. The smallest absolute Gasteiger partial charge is 0.189 e. The normalized spacial score (nSPS) is 38.3. The summed E-state index contributed by atoms with van der Waals surface area (Å²) in [7, 11) is 0. The van der Waals surface area contributed by atoms with E-state index in [-0.39, 0.29) is 0 Å². The van der Waals surface area contributed by atoms with Crippen LogP contribution in [0.3, 0.4) is 0 Å². The zero-order chi connectivity index (χ0) is 13.6. The Morgan fingerprint density at radius 3 is 2.84 bits per heavy atom. The van der Waals surface area contributed by atoms with Crippen LogP contribution in [0.4, 0.5) is 0 Å². The molecule has 3 heterocycles. The Hall–Kier alpha value is -1.06. The lowest BCUT2D eigenvalue weighted by Crippen LogP contribution is -2.40. The van der Waals surface area contributed by atoms with Crippen LogP contribution in [-0.2, 0) is 14.2 Å². The number of rotatable bonds is 3. The maximum Gasteiger partial charge on any atom is 0.189 e. The molecule has 0 spiro atoms. The molecule has 1 aromatic rings. The Bertz CT molecular complexity index is 438. The Morgan fingerprint density at radius 1 is 1.42 bits per heavy atom. The third kappa shape index (κ3) is 2.15. The fourth-order valence-electron chi connectivity index (χ4n) is 2.62. The predicted molar refractivity (Wildman–Crippen MR) is 60.8 cm³/mol. The molecule has 5 atom stereocenters. The van der Waals surface area contributed by atoms with Crippen molar-refractivity contribution in [3.63, 3.8) is 0 Å². The lowest BCUT2D eigenvalue weighted by Gasteiger charge is -2.27. The zero-order valence-corrected chi connectivity index (χ0v) is 10.7.